The maximum atomic E-state index is 13.8. The van der Waals surface area contributed by atoms with E-state index >= 15 is 0 Å². The van der Waals surface area contributed by atoms with Crippen LogP contribution in [0.25, 0.3) is 0 Å². The summed E-state index contributed by atoms with van der Waals surface area (Å²) in [6.45, 7) is 0.895. The van der Waals surface area contributed by atoms with Gasteiger partial charge in [-0.15, -0.1) is 0 Å². The van der Waals surface area contributed by atoms with Crippen LogP contribution >= 0.6 is 0 Å². The molecular formula is C10H13FN2O5. The molecule has 18 heavy (non-hydrogen) atoms. The van der Waals surface area contributed by atoms with E-state index in [9.17, 15) is 19.1 Å². The minimum atomic E-state index is -1.86. The number of nitrogens with zero attached hydrogens (tertiary/aromatic N) is 1. The van der Waals surface area contributed by atoms with Crippen LogP contribution in [-0.2, 0) is 4.74 Å². The van der Waals surface area contributed by atoms with E-state index in [0.717, 1.165) is 10.8 Å². The average molecular weight is 259 g/mol. The lowest BCUT2D eigenvalue weighted by atomic mass is 10.1. The second-order valence-corrected chi connectivity index (χ2v) is 4.16. The maximum Gasteiger partial charge on any atom is 0.330 e. The molecular weight excluding hydrogens is 246 g/mol. The molecule has 100 valence electrons. The third kappa shape index (κ3) is 1.98. The third-order valence-corrected chi connectivity index (χ3v) is 2.89. The Kier molecular flexibility index (Phi) is 3.33. The number of halogens is 1. The molecule has 2 heterocycles. The minimum absolute atomic E-state index is 0.215. The molecule has 4 atom stereocenters. The summed E-state index contributed by atoms with van der Waals surface area (Å²) >= 11 is 0. The molecule has 0 radical (unpaired) electrons. The van der Waals surface area contributed by atoms with Crippen molar-refractivity contribution in [1.82, 2.24) is 9.55 Å². The van der Waals surface area contributed by atoms with Gasteiger partial charge in [0.25, 0.3) is 5.56 Å². The van der Waals surface area contributed by atoms with Gasteiger partial charge in [-0.05, 0) is 6.92 Å². The molecule has 8 heteroatoms. The highest BCUT2D eigenvalue weighted by molar-refractivity contribution is 5.03. The lowest BCUT2D eigenvalue weighted by Gasteiger charge is -2.15. The van der Waals surface area contributed by atoms with Gasteiger partial charge in [-0.2, -0.15) is 0 Å². The summed E-state index contributed by atoms with van der Waals surface area (Å²) in [5, 5.41) is 18.3. The van der Waals surface area contributed by atoms with Crippen molar-refractivity contribution in [2.24, 2.45) is 0 Å². The third-order valence-electron chi connectivity index (χ3n) is 2.89. The lowest BCUT2D eigenvalue weighted by molar-refractivity contribution is -0.0492. The van der Waals surface area contributed by atoms with Crippen LogP contribution < -0.4 is 11.2 Å². The van der Waals surface area contributed by atoms with Gasteiger partial charge in [0, 0.05) is 11.8 Å². The molecule has 3 N–H and O–H groups in total. The first-order chi connectivity index (χ1) is 8.45. The van der Waals surface area contributed by atoms with Gasteiger partial charge in [-0.25, -0.2) is 9.18 Å². The van der Waals surface area contributed by atoms with Crippen LogP contribution in [0.2, 0.25) is 0 Å². The molecule has 0 spiro atoms. The van der Waals surface area contributed by atoms with Crippen molar-refractivity contribution in [1.29, 1.82) is 0 Å². The first-order valence-corrected chi connectivity index (χ1v) is 5.36. The molecule has 0 amide bonds. The Morgan fingerprint density at radius 2 is 2.22 bits per heavy atom. The molecule has 0 aliphatic carbocycles. The Morgan fingerprint density at radius 1 is 1.56 bits per heavy atom. The van der Waals surface area contributed by atoms with E-state index < -0.39 is 42.5 Å². The fourth-order valence-electron chi connectivity index (χ4n) is 1.85. The van der Waals surface area contributed by atoms with Gasteiger partial charge < -0.3 is 14.9 Å². The standard InChI is InChI=1S/C10H13FN2O5/c1-4-2-13(10(17)12-8(4)16)9-6(11)7(15)5(3-14)18-9/h2,5-7,9,14-15H,3H2,1H3,(H,12,16,17)/t5-,6+,7-,9?/m1/s1/i11-1. The number of aryl methyl sites for hydroxylation is 1. The number of aliphatic hydroxyl groups excluding tert-OH is 2. The van der Waals surface area contributed by atoms with Gasteiger partial charge in [-0.1, -0.05) is 0 Å². The average Bonchev–Trinajstić information content (AvgIpc) is 2.61. The number of aliphatic hydroxyl groups is 2. The minimum Gasteiger partial charge on any atom is -0.394 e. The normalized spacial score (nSPS) is 31.8. The molecule has 1 aromatic rings. The number of hydrogen-bond donors (Lipinski definition) is 3. The molecule has 0 bridgehead atoms. The predicted octanol–water partition coefficient (Wildman–Crippen LogP) is -1.57. The second kappa shape index (κ2) is 4.63. The number of hydrogen-bond acceptors (Lipinski definition) is 5. The van der Waals surface area contributed by atoms with Crippen LogP contribution in [0.4, 0.5) is 4.39 Å². The van der Waals surface area contributed by atoms with Gasteiger partial charge in [0.2, 0.25) is 0 Å². The highest BCUT2D eigenvalue weighted by Gasteiger charge is 2.45. The zero-order chi connectivity index (χ0) is 13.4. The fourth-order valence-corrected chi connectivity index (χ4v) is 1.85. The summed E-state index contributed by atoms with van der Waals surface area (Å²) in [6.07, 6.45) is -4.67. The Balaban J connectivity index is 2.42. The van der Waals surface area contributed by atoms with E-state index in [4.69, 9.17) is 9.84 Å². The highest BCUT2D eigenvalue weighted by atomic mass is 18.2. The van der Waals surface area contributed by atoms with Crippen LogP contribution in [0.1, 0.15) is 11.8 Å². The van der Waals surface area contributed by atoms with Crippen LogP contribution in [0.3, 0.4) is 0 Å². The molecule has 1 saturated heterocycles. The Hall–Kier alpha value is -1.51. The van der Waals surface area contributed by atoms with Crippen molar-refractivity contribution in [2.45, 2.75) is 31.5 Å². The van der Waals surface area contributed by atoms with Crippen LogP contribution in [0.15, 0.2) is 15.8 Å². The summed E-state index contributed by atoms with van der Waals surface area (Å²) in [4.78, 5) is 24.7. The van der Waals surface area contributed by atoms with E-state index in [0.29, 0.717) is 0 Å². The molecule has 1 aliphatic heterocycles. The smallest absolute Gasteiger partial charge is 0.330 e. The zero-order valence-electron chi connectivity index (χ0n) is 9.54. The van der Waals surface area contributed by atoms with E-state index in [2.05, 4.69) is 0 Å². The van der Waals surface area contributed by atoms with E-state index in [-0.39, 0.29) is 5.56 Å². The van der Waals surface area contributed by atoms with Crippen molar-refractivity contribution < 1.29 is 19.3 Å². The van der Waals surface area contributed by atoms with Gasteiger partial charge in [-0.3, -0.25) is 14.3 Å². The van der Waals surface area contributed by atoms with E-state index in [1.165, 1.54) is 6.92 Å². The number of nitrogens with one attached hydrogen (secondary N) is 1. The maximum absolute atomic E-state index is 13.8. The number of alkyl halides is 1. The number of rotatable bonds is 2. The Labute approximate surface area is 100 Å². The number of H-pyrrole nitrogens is 1. The molecule has 1 fully saturated rings. The van der Waals surface area contributed by atoms with E-state index in [1.54, 1.807) is 0 Å². The van der Waals surface area contributed by atoms with E-state index in [1.807, 2.05) is 4.98 Å². The molecule has 1 unspecified atom stereocenters. The first-order valence-electron chi connectivity index (χ1n) is 5.36. The number of aromatic amines is 1. The van der Waals surface area contributed by atoms with Crippen molar-refractivity contribution in [3.05, 3.63) is 32.6 Å². The topological polar surface area (TPSA) is 105 Å². The van der Waals surface area contributed by atoms with Crippen molar-refractivity contribution in [3.8, 4) is 0 Å². The lowest BCUT2D eigenvalue weighted by Crippen LogP contribution is -2.36. The SMILES string of the molecule is Cc1cn(C2O[C@H](CO)[C@@H](O)[C@@H]2[18F])c(=O)[nH]c1=O. The van der Waals surface area contributed by atoms with Gasteiger partial charge in [0.05, 0.1) is 6.61 Å². The fraction of sp³-hybridized carbons (Fsp3) is 0.600. The van der Waals surface area contributed by atoms with Crippen molar-refractivity contribution in [3.63, 3.8) is 0 Å². The zero-order valence-corrected chi connectivity index (χ0v) is 9.54. The molecule has 0 aromatic carbocycles. The van der Waals surface area contributed by atoms with Crippen molar-refractivity contribution in [2.75, 3.05) is 6.61 Å². The van der Waals surface area contributed by atoms with Gasteiger partial charge in [0.1, 0.15) is 12.2 Å². The molecule has 2 rings (SSSR count). The van der Waals surface area contributed by atoms with Crippen LogP contribution in [0.5, 0.6) is 0 Å². The number of aromatic nitrogens is 2. The first kappa shape index (κ1) is 12.9. The largest absolute Gasteiger partial charge is 0.394 e. The van der Waals surface area contributed by atoms with Gasteiger partial charge in [0.15, 0.2) is 12.4 Å². The highest BCUT2D eigenvalue weighted by Crippen LogP contribution is 2.30. The molecule has 1 aliphatic rings. The monoisotopic (exact) mass is 259 g/mol. The molecule has 7 nitrogen and oxygen atoms in total. The van der Waals surface area contributed by atoms with Gasteiger partial charge >= 0.3 is 5.69 Å². The van der Waals surface area contributed by atoms with Crippen molar-refractivity contribution >= 4 is 0 Å². The summed E-state index contributed by atoms with van der Waals surface area (Å²) < 4.78 is 19.7. The molecule has 0 saturated carbocycles. The number of ether oxygens (including phenoxy) is 1. The summed E-state index contributed by atoms with van der Waals surface area (Å²) in [7, 11) is 0. The summed E-state index contributed by atoms with van der Waals surface area (Å²) in [5.41, 5.74) is -1.18. The summed E-state index contributed by atoms with van der Waals surface area (Å²) in [5.74, 6) is 0. The Morgan fingerprint density at radius 3 is 2.78 bits per heavy atom. The summed E-state index contributed by atoms with van der Waals surface area (Å²) in [6, 6.07) is 0. The second-order valence-electron chi connectivity index (χ2n) is 4.16. The quantitative estimate of drug-likeness (QED) is 0.595. The van der Waals surface area contributed by atoms with Crippen LogP contribution in [0, 0.1) is 6.92 Å². The Bertz CT molecular complexity index is 554. The van der Waals surface area contributed by atoms with Crippen LogP contribution in [-0.4, -0.2) is 44.8 Å². The predicted molar refractivity (Wildman–Crippen MR) is 58.0 cm³/mol. The molecule has 1 aromatic heterocycles.